The minimum atomic E-state index is 0.843. The van der Waals surface area contributed by atoms with Gasteiger partial charge in [-0.25, -0.2) is 4.98 Å². The van der Waals surface area contributed by atoms with Gasteiger partial charge in [0.15, 0.2) is 0 Å². The van der Waals surface area contributed by atoms with E-state index in [4.69, 9.17) is 0 Å². The van der Waals surface area contributed by atoms with Gasteiger partial charge in [0.05, 0.1) is 0 Å². The predicted molar refractivity (Wildman–Crippen MR) is 65.3 cm³/mol. The number of nitrogens with zero attached hydrogens (tertiary/aromatic N) is 1. The lowest BCUT2D eigenvalue weighted by atomic mass is 10.0. The van der Waals surface area contributed by atoms with E-state index in [9.17, 15) is 0 Å². The number of thiazole rings is 1. The molecule has 0 spiro atoms. The van der Waals surface area contributed by atoms with Crippen LogP contribution in [0.5, 0.6) is 0 Å². The van der Waals surface area contributed by atoms with Crippen LogP contribution in [0, 0.1) is 30.6 Å². The minimum Gasteiger partial charge on any atom is -0.307 e. The van der Waals surface area contributed by atoms with Gasteiger partial charge in [-0.3, -0.25) is 0 Å². The number of rotatable bonds is 3. The second-order valence-corrected chi connectivity index (χ2v) is 6.72. The normalized spacial score (nSPS) is 43.7. The quantitative estimate of drug-likeness (QED) is 0.869. The van der Waals surface area contributed by atoms with Crippen LogP contribution in [0.4, 0.5) is 0 Å². The molecule has 86 valence electrons. The average molecular weight is 234 g/mol. The maximum atomic E-state index is 4.51. The van der Waals surface area contributed by atoms with Crippen LogP contribution in [0.2, 0.25) is 0 Å². The number of hydrogen-bond acceptors (Lipinski definition) is 3. The molecule has 16 heavy (non-hydrogen) atoms. The Morgan fingerprint density at radius 3 is 2.75 bits per heavy atom. The molecule has 2 bridgehead atoms. The first-order valence-corrected chi connectivity index (χ1v) is 7.35. The number of aryl methyl sites for hydroxylation is 1. The zero-order valence-electron chi connectivity index (χ0n) is 9.65. The number of hydrogen-bond donors (Lipinski definition) is 1. The zero-order chi connectivity index (χ0) is 10.7. The first-order chi connectivity index (χ1) is 7.83. The molecule has 1 N–H and O–H groups in total. The lowest BCUT2D eigenvalue weighted by Gasteiger charge is -2.09. The third kappa shape index (κ3) is 1.31. The molecule has 0 radical (unpaired) electrons. The van der Waals surface area contributed by atoms with Crippen molar-refractivity contribution in [2.75, 3.05) is 0 Å². The van der Waals surface area contributed by atoms with Gasteiger partial charge < -0.3 is 5.32 Å². The summed E-state index contributed by atoms with van der Waals surface area (Å²) in [7, 11) is 0. The van der Waals surface area contributed by atoms with E-state index in [1.54, 1.807) is 17.8 Å². The van der Waals surface area contributed by atoms with Gasteiger partial charge in [-0.1, -0.05) is 0 Å². The Labute approximate surface area is 100 Å². The molecule has 3 aliphatic rings. The highest BCUT2D eigenvalue weighted by Crippen LogP contribution is 2.65. The SMILES string of the molecule is Cc1csc(CNC2C3C4CCC(C4)C23)n1. The van der Waals surface area contributed by atoms with Crippen molar-refractivity contribution in [3.63, 3.8) is 0 Å². The molecule has 4 unspecified atom stereocenters. The molecule has 1 aromatic heterocycles. The molecule has 3 saturated carbocycles. The highest BCUT2D eigenvalue weighted by molar-refractivity contribution is 7.09. The van der Waals surface area contributed by atoms with Crippen molar-refractivity contribution in [3.8, 4) is 0 Å². The van der Waals surface area contributed by atoms with Gasteiger partial charge in [-0.05, 0) is 49.9 Å². The number of fused-ring (bicyclic) bond motifs is 5. The molecule has 3 heteroatoms. The fraction of sp³-hybridized carbons (Fsp3) is 0.769. The van der Waals surface area contributed by atoms with Crippen LogP contribution in [0.1, 0.15) is 30.0 Å². The Balaban J connectivity index is 1.37. The Bertz CT molecular complexity index is 398. The van der Waals surface area contributed by atoms with Gasteiger partial charge in [0, 0.05) is 23.7 Å². The Morgan fingerprint density at radius 1 is 1.38 bits per heavy atom. The van der Waals surface area contributed by atoms with Crippen LogP contribution in [0.25, 0.3) is 0 Å². The Hall–Kier alpha value is -0.410. The smallest absolute Gasteiger partial charge is 0.107 e. The molecule has 3 fully saturated rings. The van der Waals surface area contributed by atoms with E-state index in [1.807, 2.05) is 0 Å². The van der Waals surface area contributed by atoms with Gasteiger partial charge in [0.2, 0.25) is 0 Å². The summed E-state index contributed by atoms with van der Waals surface area (Å²) in [6.07, 6.45) is 4.57. The largest absolute Gasteiger partial charge is 0.307 e. The standard InChI is InChI=1S/C13H18N2S/c1-7-6-16-10(15-7)5-14-13-11-8-2-3-9(4-8)12(11)13/h6,8-9,11-14H,2-5H2,1H3. The molecular weight excluding hydrogens is 216 g/mol. The first kappa shape index (κ1) is 9.60. The molecule has 4 rings (SSSR count). The molecule has 3 aliphatic carbocycles. The van der Waals surface area contributed by atoms with E-state index in [-0.39, 0.29) is 0 Å². The first-order valence-electron chi connectivity index (χ1n) is 6.47. The van der Waals surface area contributed by atoms with Crippen molar-refractivity contribution in [1.29, 1.82) is 0 Å². The van der Waals surface area contributed by atoms with Crippen molar-refractivity contribution in [2.45, 2.75) is 38.8 Å². The fourth-order valence-electron chi connectivity index (χ4n) is 4.29. The Morgan fingerprint density at radius 2 is 2.12 bits per heavy atom. The van der Waals surface area contributed by atoms with Crippen LogP contribution in [-0.4, -0.2) is 11.0 Å². The van der Waals surface area contributed by atoms with Crippen LogP contribution in [-0.2, 0) is 6.54 Å². The molecule has 1 aromatic rings. The molecular formula is C13H18N2S. The summed E-state index contributed by atoms with van der Waals surface area (Å²) >= 11 is 1.79. The second-order valence-electron chi connectivity index (χ2n) is 5.78. The predicted octanol–water partition coefficient (Wildman–Crippen LogP) is 2.59. The third-order valence-electron chi connectivity index (χ3n) is 4.89. The molecule has 0 amide bonds. The summed E-state index contributed by atoms with van der Waals surface area (Å²) in [5.41, 5.74) is 1.16. The molecule has 1 heterocycles. The summed E-state index contributed by atoms with van der Waals surface area (Å²) in [5, 5.41) is 7.14. The lowest BCUT2D eigenvalue weighted by Crippen LogP contribution is -2.22. The van der Waals surface area contributed by atoms with E-state index in [2.05, 4.69) is 22.6 Å². The summed E-state index contributed by atoms with van der Waals surface area (Å²) in [6.45, 7) is 3.07. The number of nitrogens with one attached hydrogen (secondary N) is 1. The monoisotopic (exact) mass is 234 g/mol. The summed E-state index contributed by atoms with van der Waals surface area (Å²) in [4.78, 5) is 4.51. The van der Waals surface area contributed by atoms with E-state index < -0.39 is 0 Å². The van der Waals surface area contributed by atoms with Crippen molar-refractivity contribution >= 4 is 11.3 Å². The van der Waals surface area contributed by atoms with Crippen molar-refractivity contribution in [1.82, 2.24) is 10.3 Å². The lowest BCUT2D eigenvalue weighted by molar-refractivity contribution is 0.456. The Kier molecular flexibility index (Phi) is 1.98. The van der Waals surface area contributed by atoms with E-state index >= 15 is 0 Å². The average Bonchev–Trinajstić information content (AvgIpc) is 2.70. The fourth-order valence-corrected chi connectivity index (χ4v) is 5.01. The maximum absolute atomic E-state index is 4.51. The molecule has 0 saturated heterocycles. The summed E-state index contributed by atoms with van der Waals surface area (Å²) in [6, 6.07) is 0.843. The van der Waals surface area contributed by atoms with Crippen LogP contribution >= 0.6 is 11.3 Å². The van der Waals surface area contributed by atoms with Crippen LogP contribution < -0.4 is 5.32 Å². The molecule has 0 aromatic carbocycles. The van der Waals surface area contributed by atoms with Crippen LogP contribution in [0.3, 0.4) is 0 Å². The van der Waals surface area contributed by atoms with E-state index in [0.29, 0.717) is 0 Å². The van der Waals surface area contributed by atoms with Gasteiger partial charge in [-0.15, -0.1) is 11.3 Å². The molecule has 2 nitrogen and oxygen atoms in total. The highest BCUT2D eigenvalue weighted by atomic mass is 32.1. The minimum absolute atomic E-state index is 0.843. The number of aromatic nitrogens is 1. The zero-order valence-corrected chi connectivity index (χ0v) is 10.5. The van der Waals surface area contributed by atoms with Crippen molar-refractivity contribution < 1.29 is 0 Å². The maximum Gasteiger partial charge on any atom is 0.107 e. The highest BCUT2D eigenvalue weighted by Gasteiger charge is 2.64. The van der Waals surface area contributed by atoms with Gasteiger partial charge in [0.25, 0.3) is 0 Å². The van der Waals surface area contributed by atoms with Gasteiger partial charge in [0.1, 0.15) is 5.01 Å². The van der Waals surface area contributed by atoms with Gasteiger partial charge in [-0.2, -0.15) is 0 Å². The van der Waals surface area contributed by atoms with Crippen molar-refractivity contribution in [2.24, 2.45) is 23.7 Å². The second kappa shape index (κ2) is 3.30. The molecule has 4 atom stereocenters. The summed E-state index contributed by atoms with van der Waals surface area (Å²) in [5.74, 6) is 4.23. The third-order valence-corrected chi connectivity index (χ3v) is 5.86. The van der Waals surface area contributed by atoms with E-state index in [0.717, 1.165) is 42.0 Å². The van der Waals surface area contributed by atoms with Crippen LogP contribution in [0.15, 0.2) is 5.38 Å². The molecule has 0 aliphatic heterocycles. The van der Waals surface area contributed by atoms with Gasteiger partial charge >= 0.3 is 0 Å². The summed E-state index contributed by atoms with van der Waals surface area (Å²) < 4.78 is 0. The van der Waals surface area contributed by atoms with Crippen molar-refractivity contribution in [3.05, 3.63) is 16.1 Å². The van der Waals surface area contributed by atoms with E-state index in [1.165, 1.54) is 17.8 Å². The topological polar surface area (TPSA) is 24.9 Å².